The summed E-state index contributed by atoms with van der Waals surface area (Å²) in [5, 5.41) is 7.25. The summed E-state index contributed by atoms with van der Waals surface area (Å²) in [5.74, 6) is -0.538. The number of nitrogen functional groups attached to an aromatic ring is 1. The maximum Gasteiger partial charge on any atom is 0.129 e. The zero-order valence-corrected chi connectivity index (χ0v) is 12.0. The van der Waals surface area contributed by atoms with E-state index in [0.717, 1.165) is 12.1 Å². The van der Waals surface area contributed by atoms with Gasteiger partial charge in [0.25, 0.3) is 0 Å². The summed E-state index contributed by atoms with van der Waals surface area (Å²) < 4.78 is 19.2. The summed E-state index contributed by atoms with van der Waals surface area (Å²) in [6, 6.07) is 4.48. The van der Waals surface area contributed by atoms with Crippen molar-refractivity contribution in [3.05, 3.63) is 51.2 Å². The Bertz CT molecular complexity index is 612. The monoisotopic (exact) mass is 293 g/mol. The Morgan fingerprint density at radius 2 is 2.30 bits per heavy atom. The van der Waals surface area contributed by atoms with Crippen LogP contribution in [-0.4, -0.2) is 17.4 Å². The smallest absolute Gasteiger partial charge is 0.129 e. The number of ether oxygens (including phenoxy) is 1. The number of hydrogen-bond acceptors (Lipinski definition) is 4. The van der Waals surface area contributed by atoms with E-state index < -0.39 is 5.82 Å². The van der Waals surface area contributed by atoms with Gasteiger partial charge in [0.15, 0.2) is 0 Å². The highest BCUT2D eigenvalue weighted by molar-refractivity contribution is 7.09. The van der Waals surface area contributed by atoms with Gasteiger partial charge in [-0.15, -0.1) is 11.3 Å². The van der Waals surface area contributed by atoms with Crippen molar-refractivity contribution in [2.45, 2.75) is 20.0 Å². The second kappa shape index (κ2) is 6.58. The number of nitrogens with one attached hydrogen (secondary N) is 1. The summed E-state index contributed by atoms with van der Waals surface area (Å²) in [5.41, 5.74) is 8.99. The van der Waals surface area contributed by atoms with Crippen LogP contribution in [0.15, 0.2) is 23.7 Å². The third-order valence-electron chi connectivity index (χ3n) is 2.94. The molecule has 0 fully saturated rings. The molecule has 6 heteroatoms. The summed E-state index contributed by atoms with van der Waals surface area (Å²) in [6.07, 6.45) is 0.781. The Balaban J connectivity index is 1.85. The summed E-state index contributed by atoms with van der Waals surface area (Å²) >= 11 is 1.60. The van der Waals surface area contributed by atoms with Gasteiger partial charge in [-0.05, 0) is 13.0 Å². The number of amidine groups is 1. The van der Waals surface area contributed by atoms with Crippen LogP contribution in [0.1, 0.15) is 21.7 Å². The molecule has 0 unspecified atom stereocenters. The lowest BCUT2D eigenvalue weighted by atomic mass is 10.1. The van der Waals surface area contributed by atoms with Crippen molar-refractivity contribution in [2.24, 2.45) is 5.73 Å². The molecule has 0 aliphatic rings. The molecule has 4 nitrogen and oxygen atoms in total. The number of nitrogens with zero attached hydrogens (tertiary/aromatic N) is 1. The number of aryl methyl sites for hydroxylation is 1. The molecule has 0 atom stereocenters. The van der Waals surface area contributed by atoms with Crippen LogP contribution in [0.5, 0.6) is 0 Å². The van der Waals surface area contributed by atoms with Crippen LogP contribution in [0.25, 0.3) is 0 Å². The molecular formula is C14H16FN3OS. The Labute approximate surface area is 120 Å². The highest BCUT2D eigenvalue weighted by Crippen LogP contribution is 2.14. The number of rotatable bonds is 6. The van der Waals surface area contributed by atoms with Gasteiger partial charge in [0.1, 0.15) is 11.7 Å². The molecule has 0 spiro atoms. The molecule has 3 N–H and O–H groups in total. The van der Waals surface area contributed by atoms with E-state index >= 15 is 0 Å². The molecule has 0 aliphatic carbocycles. The Kier molecular flexibility index (Phi) is 4.81. The number of halogens is 1. The topological polar surface area (TPSA) is 72.0 Å². The lowest BCUT2D eigenvalue weighted by Crippen LogP contribution is -2.11. The highest BCUT2D eigenvalue weighted by atomic mass is 32.1. The molecule has 2 rings (SSSR count). The van der Waals surface area contributed by atoms with Crippen molar-refractivity contribution in [3.63, 3.8) is 0 Å². The fraction of sp³-hybridized carbons (Fsp3) is 0.286. The van der Waals surface area contributed by atoms with Crippen LogP contribution in [0, 0.1) is 18.2 Å². The van der Waals surface area contributed by atoms with Crippen LogP contribution in [-0.2, 0) is 17.8 Å². The van der Waals surface area contributed by atoms with Gasteiger partial charge < -0.3 is 10.5 Å². The van der Waals surface area contributed by atoms with Crippen molar-refractivity contribution in [3.8, 4) is 0 Å². The predicted octanol–water partition coefficient (Wildman–Crippen LogP) is 2.63. The Morgan fingerprint density at radius 1 is 1.50 bits per heavy atom. The standard InChI is InChI=1S/C14H16FN3OS/c1-9-13(20-8-18-9)4-5-19-7-11-3-2-10(14(16)17)6-12(11)15/h2-3,6,8H,4-5,7H2,1H3,(H3,16,17). The van der Waals surface area contributed by atoms with Gasteiger partial charge in [0, 0.05) is 22.4 Å². The Morgan fingerprint density at radius 3 is 2.90 bits per heavy atom. The highest BCUT2D eigenvalue weighted by Gasteiger charge is 2.06. The van der Waals surface area contributed by atoms with E-state index in [1.807, 2.05) is 12.4 Å². The lowest BCUT2D eigenvalue weighted by molar-refractivity contribution is 0.121. The molecule has 106 valence electrons. The maximum atomic E-state index is 13.7. The predicted molar refractivity (Wildman–Crippen MR) is 77.6 cm³/mol. The van der Waals surface area contributed by atoms with Gasteiger partial charge in [-0.2, -0.15) is 0 Å². The van der Waals surface area contributed by atoms with Crippen molar-refractivity contribution in [2.75, 3.05) is 6.61 Å². The summed E-state index contributed by atoms with van der Waals surface area (Å²) in [7, 11) is 0. The third kappa shape index (κ3) is 3.61. The zero-order valence-electron chi connectivity index (χ0n) is 11.1. The molecular weight excluding hydrogens is 277 g/mol. The minimum atomic E-state index is -0.397. The summed E-state index contributed by atoms with van der Waals surface area (Å²) in [6.45, 7) is 2.70. The average Bonchev–Trinajstić information content (AvgIpc) is 2.81. The van der Waals surface area contributed by atoms with Gasteiger partial charge in [0.05, 0.1) is 24.4 Å². The van der Waals surface area contributed by atoms with Gasteiger partial charge in [0.2, 0.25) is 0 Å². The second-order valence-corrected chi connectivity index (χ2v) is 5.32. The van der Waals surface area contributed by atoms with Crippen LogP contribution in [0.3, 0.4) is 0 Å². The molecule has 0 bridgehead atoms. The molecule has 0 saturated heterocycles. The van der Waals surface area contributed by atoms with E-state index in [-0.39, 0.29) is 12.4 Å². The van der Waals surface area contributed by atoms with E-state index in [1.54, 1.807) is 23.5 Å². The molecule has 1 heterocycles. The fourth-order valence-corrected chi connectivity index (χ4v) is 2.51. The van der Waals surface area contributed by atoms with Crippen LogP contribution in [0.4, 0.5) is 4.39 Å². The third-order valence-corrected chi connectivity index (χ3v) is 3.93. The first-order valence-electron chi connectivity index (χ1n) is 6.17. The van der Waals surface area contributed by atoms with Crippen molar-refractivity contribution >= 4 is 17.2 Å². The number of thiazole rings is 1. The number of nitrogens with two attached hydrogens (primary N) is 1. The van der Waals surface area contributed by atoms with E-state index in [2.05, 4.69) is 4.98 Å². The van der Waals surface area contributed by atoms with Crippen molar-refractivity contribution in [1.82, 2.24) is 4.98 Å². The number of aromatic nitrogens is 1. The molecule has 20 heavy (non-hydrogen) atoms. The fourth-order valence-electron chi connectivity index (χ4n) is 1.75. The van der Waals surface area contributed by atoms with Crippen LogP contribution < -0.4 is 5.73 Å². The van der Waals surface area contributed by atoms with Gasteiger partial charge in [-0.1, -0.05) is 12.1 Å². The first-order valence-corrected chi connectivity index (χ1v) is 7.05. The number of hydrogen-bond donors (Lipinski definition) is 2. The minimum absolute atomic E-state index is 0.142. The van der Waals surface area contributed by atoms with E-state index in [9.17, 15) is 4.39 Å². The largest absolute Gasteiger partial charge is 0.384 e. The SMILES string of the molecule is Cc1ncsc1CCOCc1ccc(C(=N)N)cc1F. The number of benzene rings is 1. The molecule has 1 aromatic carbocycles. The Hall–Kier alpha value is -1.79. The van der Waals surface area contributed by atoms with Crippen LogP contribution in [0.2, 0.25) is 0 Å². The maximum absolute atomic E-state index is 13.7. The molecule has 0 radical (unpaired) electrons. The molecule has 2 aromatic rings. The molecule has 0 saturated carbocycles. The normalized spacial score (nSPS) is 10.7. The minimum Gasteiger partial charge on any atom is -0.384 e. The zero-order chi connectivity index (χ0) is 14.5. The first kappa shape index (κ1) is 14.6. The van der Waals surface area contributed by atoms with E-state index in [1.165, 1.54) is 10.9 Å². The quantitative estimate of drug-likeness (QED) is 0.488. The van der Waals surface area contributed by atoms with Crippen molar-refractivity contribution < 1.29 is 9.13 Å². The van der Waals surface area contributed by atoms with Crippen LogP contribution >= 0.6 is 11.3 Å². The molecule has 1 aromatic heterocycles. The van der Waals surface area contributed by atoms with E-state index in [0.29, 0.717) is 17.7 Å². The van der Waals surface area contributed by atoms with Crippen molar-refractivity contribution in [1.29, 1.82) is 5.41 Å². The second-order valence-electron chi connectivity index (χ2n) is 4.38. The van der Waals surface area contributed by atoms with Gasteiger partial charge in [-0.3, -0.25) is 5.41 Å². The van der Waals surface area contributed by atoms with Gasteiger partial charge in [-0.25, -0.2) is 9.37 Å². The average molecular weight is 293 g/mol. The molecule has 0 aliphatic heterocycles. The lowest BCUT2D eigenvalue weighted by Gasteiger charge is -2.07. The first-order chi connectivity index (χ1) is 9.58. The summed E-state index contributed by atoms with van der Waals surface area (Å²) in [4.78, 5) is 5.36. The van der Waals surface area contributed by atoms with E-state index in [4.69, 9.17) is 15.9 Å². The molecule has 0 amide bonds. The van der Waals surface area contributed by atoms with Gasteiger partial charge >= 0.3 is 0 Å².